The van der Waals surface area contributed by atoms with Crippen molar-refractivity contribution in [1.82, 2.24) is 20.4 Å². The molecule has 10 heteroatoms. The Morgan fingerprint density at radius 1 is 1.09 bits per heavy atom. The maximum Gasteiger partial charge on any atom is 0.261 e. The van der Waals surface area contributed by atoms with E-state index in [0.717, 1.165) is 47.0 Å². The van der Waals surface area contributed by atoms with Gasteiger partial charge < -0.3 is 20.4 Å². The third-order valence-corrected chi connectivity index (χ3v) is 7.71. The maximum absolute atomic E-state index is 12.8. The molecule has 1 aromatic carbocycles. The number of nitrogens with one attached hydrogen (secondary N) is 3. The lowest BCUT2D eigenvalue weighted by Gasteiger charge is -2.34. The molecule has 0 saturated carbocycles. The minimum Gasteiger partial charge on any atom is -0.369 e. The second-order valence-corrected chi connectivity index (χ2v) is 10.1. The number of benzene rings is 1. The fraction of sp³-hybridized carbons (Fsp3) is 0.261. The van der Waals surface area contributed by atoms with Gasteiger partial charge in [0.1, 0.15) is 0 Å². The fourth-order valence-corrected chi connectivity index (χ4v) is 5.36. The molecule has 1 fully saturated rings. The van der Waals surface area contributed by atoms with Crippen LogP contribution in [0.1, 0.15) is 24.9 Å². The van der Waals surface area contributed by atoms with Gasteiger partial charge in [-0.25, -0.2) is 0 Å². The van der Waals surface area contributed by atoms with Crippen molar-refractivity contribution in [3.63, 3.8) is 0 Å². The summed E-state index contributed by atoms with van der Waals surface area (Å²) < 4.78 is 0.749. The fourth-order valence-electron chi connectivity index (χ4n) is 3.75. The molecule has 0 atom stereocenters. The Morgan fingerprint density at radius 3 is 2.61 bits per heavy atom. The molecule has 0 unspecified atom stereocenters. The van der Waals surface area contributed by atoms with Crippen LogP contribution in [0.15, 0.2) is 47.8 Å². The van der Waals surface area contributed by atoms with Gasteiger partial charge in [0.2, 0.25) is 0 Å². The lowest BCUT2D eigenvalue weighted by molar-refractivity contribution is 0.0954. The molecule has 0 aliphatic carbocycles. The summed E-state index contributed by atoms with van der Waals surface area (Å²) in [5, 5.41) is 14.9. The highest BCUT2D eigenvalue weighted by atomic mass is 32.1. The molecular formula is C23H24N6O2S2. The van der Waals surface area contributed by atoms with Gasteiger partial charge in [-0.15, -0.1) is 22.7 Å². The number of aromatic nitrogens is 2. The Bertz CT molecular complexity index is 1250. The number of carbonyl (C=O) groups excluding carboxylic acids is 2. The Morgan fingerprint density at radius 2 is 1.88 bits per heavy atom. The van der Waals surface area contributed by atoms with Crippen LogP contribution in [0.5, 0.6) is 0 Å². The van der Waals surface area contributed by atoms with Crippen LogP contribution in [0, 0.1) is 0 Å². The van der Waals surface area contributed by atoms with E-state index >= 15 is 0 Å². The smallest absolute Gasteiger partial charge is 0.261 e. The molecule has 0 radical (unpaired) electrons. The second-order valence-electron chi connectivity index (χ2n) is 7.98. The lowest BCUT2D eigenvalue weighted by atomic mass is 10.1. The van der Waals surface area contributed by atoms with Crippen molar-refractivity contribution in [2.24, 2.45) is 0 Å². The molecule has 0 spiro atoms. The van der Waals surface area contributed by atoms with Crippen LogP contribution in [0.4, 0.5) is 11.5 Å². The Hall–Kier alpha value is -3.21. The maximum atomic E-state index is 12.8. The van der Waals surface area contributed by atoms with Crippen LogP contribution < -0.4 is 15.5 Å². The van der Waals surface area contributed by atoms with Crippen LogP contribution in [0.25, 0.3) is 10.2 Å². The van der Waals surface area contributed by atoms with E-state index in [1.165, 1.54) is 11.3 Å². The molecule has 1 aliphatic heterocycles. The van der Waals surface area contributed by atoms with E-state index in [-0.39, 0.29) is 11.8 Å². The first-order valence-electron chi connectivity index (χ1n) is 10.7. The molecule has 5 rings (SSSR count). The molecule has 3 N–H and O–H groups in total. The van der Waals surface area contributed by atoms with Gasteiger partial charge in [-0.3, -0.25) is 14.7 Å². The topological polar surface area (TPSA) is 93.4 Å². The van der Waals surface area contributed by atoms with Gasteiger partial charge >= 0.3 is 0 Å². The summed E-state index contributed by atoms with van der Waals surface area (Å²) in [6, 6.07) is 13.4. The first-order chi connectivity index (χ1) is 16.1. The van der Waals surface area contributed by atoms with Crippen molar-refractivity contribution in [3.8, 4) is 0 Å². The summed E-state index contributed by atoms with van der Waals surface area (Å²) >= 11 is 2.91. The first kappa shape index (κ1) is 21.6. The van der Waals surface area contributed by atoms with Gasteiger partial charge in [0.15, 0.2) is 5.82 Å². The summed E-state index contributed by atoms with van der Waals surface area (Å²) in [5.74, 6) is 0.0562. The first-order valence-corrected chi connectivity index (χ1v) is 12.4. The number of hydrogen-bond donors (Lipinski definition) is 3. The van der Waals surface area contributed by atoms with Crippen LogP contribution in [-0.2, 0) is 6.54 Å². The minimum atomic E-state index is -0.231. The monoisotopic (exact) mass is 480 g/mol. The summed E-state index contributed by atoms with van der Waals surface area (Å²) in [6.07, 6.45) is 0. The van der Waals surface area contributed by atoms with E-state index in [9.17, 15) is 9.59 Å². The van der Waals surface area contributed by atoms with Crippen molar-refractivity contribution in [2.75, 3.05) is 43.4 Å². The number of rotatable bonds is 6. The largest absolute Gasteiger partial charge is 0.369 e. The number of fused-ring (bicyclic) bond motifs is 1. The van der Waals surface area contributed by atoms with E-state index in [4.69, 9.17) is 0 Å². The van der Waals surface area contributed by atoms with Gasteiger partial charge in [-0.05, 0) is 48.8 Å². The molecule has 33 heavy (non-hydrogen) atoms. The van der Waals surface area contributed by atoms with E-state index < -0.39 is 0 Å². The molecule has 170 valence electrons. The number of carbonyl (C=O) groups is 2. The highest BCUT2D eigenvalue weighted by Gasteiger charge is 2.18. The van der Waals surface area contributed by atoms with Crippen molar-refractivity contribution in [1.29, 1.82) is 0 Å². The molecular weight excluding hydrogens is 456 g/mol. The van der Waals surface area contributed by atoms with E-state index in [1.807, 2.05) is 41.8 Å². The quantitative estimate of drug-likeness (QED) is 0.392. The Balaban J connectivity index is 1.24. The van der Waals surface area contributed by atoms with E-state index in [2.05, 4.69) is 37.7 Å². The van der Waals surface area contributed by atoms with Gasteiger partial charge in [0.05, 0.1) is 21.6 Å². The summed E-state index contributed by atoms with van der Waals surface area (Å²) in [6.45, 7) is 4.52. The predicted molar refractivity (Wildman–Crippen MR) is 134 cm³/mol. The van der Waals surface area contributed by atoms with Crippen molar-refractivity contribution in [3.05, 3.63) is 63.2 Å². The predicted octanol–water partition coefficient (Wildman–Crippen LogP) is 3.62. The number of thiophene rings is 2. The number of hydrogen-bond acceptors (Lipinski definition) is 7. The summed E-state index contributed by atoms with van der Waals surface area (Å²) in [4.78, 5) is 31.6. The third kappa shape index (κ3) is 4.77. The van der Waals surface area contributed by atoms with Crippen LogP contribution in [0.2, 0.25) is 0 Å². The van der Waals surface area contributed by atoms with Crippen LogP contribution in [0.3, 0.4) is 0 Å². The number of aromatic amines is 1. The zero-order valence-electron chi connectivity index (χ0n) is 18.1. The van der Waals surface area contributed by atoms with Crippen molar-refractivity contribution in [2.45, 2.75) is 6.54 Å². The number of amides is 2. The molecule has 0 bridgehead atoms. The number of likely N-dealkylation sites (N-methyl/N-ethyl adjacent to an activating group) is 1. The van der Waals surface area contributed by atoms with Gasteiger partial charge in [-0.2, -0.15) is 5.10 Å². The Kier molecular flexibility index (Phi) is 6.12. The van der Waals surface area contributed by atoms with Gasteiger partial charge in [0, 0.05) is 42.3 Å². The van der Waals surface area contributed by atoms with Crippen molar-refractivity contribution >= 4 is 56.2 Å². The standard InChI is InChI=1S/C23H24N6O2S2/c1-28-8-10-29(11-9-28)16-6-4-15(5-7-16)22(30)25-21-20-18(26-27-21)13-19(33-20)23(31)24-14-17-3-2-12-32-17/h2-7,12-13H,8-11,14H2,1H3,(H,24,31)(H2,25,26,27,30). The van der Waals surface area contributed by atoms with E-state index in [1.54, 1.807) is 17.4 Å². The molecule has 4 heterocycles. The normalized spacial score (nSPS) is 14.5. The zero-order chi connectivity index (χ0) is 22.8. The number of H-pyrrole nitrogens is 1. The van der Waals surface area contributed by atoms with Gasteiger partial charge in [0.25, 0.3) is 11.8 Å². The summed E-state index contributed by atoms with van der Waals surface area (Å²) in [5.41, 5.74) is 2.41. The SMILES string of the molecule is CN1CCN(c2ccc(C(=O)Nc3n[nH]c4cc(C(=O)NCc5cccs5)sc34)cc2)CC1. The number of nitrogens with zero attached hydrogens (tertiary/aromatic N) is 3. The number of piperazine rings is 1. The average Bonchev–Trinajstić information content (AvgIpc) is 3.57. The van der Waals surface area contributed by atoms with Crippen molar-refractivity contribution < 1.29 is 9.59 Å². The third-order valence-electron chi connectivity index (χ3n) is 5.69. The molecule has 2 amide bonds. The Labute approximate surface area is 199 Å². The molecule has 3 aromatic heterocycles. The lowest BCUT2D eigenvalue weighted by Crippen LogP contribution is -2.44. The zero-order valence-corrected chi connectivity index (χ0v) is 19.8. The highest BCUT2D eigenvalue weighted by Crippen LogP contribution is 2.30. The highest BCUT2D eigenvalue weighted by molar-refractivity contribution is 7.21. The summed E-state index contributed by atoms with van der Waals surface area (Å²) in [7, 11) is 2.13. The average molecular weight is 481 g/mol. The minimum absolute atomic E-state index is 0.144. The molecule has 8 nitrogen and oxygen atoms in total. The number of anilines is 2. The van der Waals surface area contributed by atoms with Gasteiger partial charge in [-0.1, -0.05) is 6.07 Å². The molecule has 1 saturated heterocycles. The van der Waals surface area contributed by atoms with Crippen LogP contribution in [-0.4, -0.2) is 60.1 Å². The van der Waals surface area contributed by atoms with E-state index in [0.29, 0.717) is 22.8 Å². The molecule has 1 aliphatic rings. The second kappa shape index (κ2) is 9.34. The van der Waals surface area contributed by atoms with Crippen LogP contribution >= 0.6 is 22.7 Å². The molecule has 4 aromatic rings.